The van der Waals surface area contributed by atoms with Crippen molar-refractivity contribution >= 4 is 22.6 Å². The van der Waals surface area contributed by atoms with Crippen molar-refractivity contribution in [2.45, 2.75) is 38.6 Å². The normalized spacial score (nSPS) is 17.2. The highest BCUT2D eigenvalue weighted by molar-refractivity contribution is 6.06. The molecule has 0 aliphatic carbocycles. The van der Waals surface area contributed by atoms with Crippen LogP contribution in [0.4, 0.5) is 0 Å². The van der Waals surface area contributed by atoms with Crippen LogP contribution in [0.15, 0.2) is 36.4 Å². The number of amides is 1. The Balaban J connectivity index is 1.72. The average molecular weight is 355 g/mol. The number of hydrogen-bond acceptors (Lipinski definition) is 4. The van der Waals surface area contributed by atoms with Crippen LogP contribution < -0.4 is 4.74 Å². The lowest BCUT2D eigenvalue weighted by Crippen LogP contribution is -2.45. The van der Waals surface area contributed by atoms with Crippen molar-refractivity contribution in [3.8, 4) is 5.75 Å². The summed E-state index contributed by atoms with van der Waals surface area (Å²) in [5.41, 5.74) is 0.444. The van der Waals surface area contributed by atoms with Crippen molar-refractivity contribution in [3.63, 3.8) is 0 Å². The van der Waals surface area contributed by atoms with Crippen molar-refractivity contribution < 1.29 is 19.1 Å². The molecule has 0 spiro atoms. The number of hydrogen-bond donors (Lipinski definition) is 0. The highest BCUT2D eigenvalue weighted by Crippen LogP contribution is 2.28. The Bertz CT molecular complexity index is 802. The Morgan fingerprint density at radius 3 is 2.62 bits per heavy atom. The summed E-state index contributed by atoms with van der Waals surface area (Å²) in [6, 6.07) is 11.2. The van der Waals surface area contributed by atoms with E-state index in [0.29, 0.717) is 11.3 Å². The van der Waals surface area contributed by atoms with Gasteiger partial charge in [0.05, 0.1) is 12.7 Å². The molecule has 1 saturated heterocycles. The zero-order chi connectivity index (χ0) is 18.5. The van der Waals surface area contributed by atoms with Gasteiger partial charge in [-0.1, -0.05) is 31.2 Å². The minimum absolute atomic E-state index is 0.109. The standard InChI is InChI=1S/C21H25NO4/c1-3-15-8-6-7-13-22(15)20(23)14-26-21(24)18-11-12-19(25-2)17-10-5-4-9-16(17)18/h4-5,9-12,15H,3,6-8,13-14H2,1-2H3/t15-/m1/s1. The third-order valence-corrected chi connectivity index (χ3v) is 5.07. The number of methoxy groups -OCH3 is 1. The molecule has 1 amide bonds. The zero-order valence-electron chi connectivity index (χ0n) is 15.4. The molecule has 138 valence electrons. The summed E-state index contributed by atoms with van der Waals surface area (Å²) in [6.07, 6.45) is 4.13. The van der Waals surface area contributed by atoms with Crippen molar-refractivity contribution in [1.82, 2.24) is 4.90 Å². The van der Waals surface area contributed by atoms with E-state index in [1.807, 2.05) is 29.2 Å². The van der Waals surface area contributed by atoms with Gasteiger partial charge in [0.2, 0.25) is 0 Å². The van der Waals surface area contributed by atoms with Gasteiger partial charge in [-0.05, 0) is 43.2 Å². The number of carbonyl (C=O) groups excluding carboxylic acids is 2. The fourth-order valence-electron chi connectivity index (χ4n) is 3.67. The van der Waals surface area contributed by atoms with Gasteiger partial charge in [0.15, 0.2) is 6.61 Å². The van der Waals surface area contributed by atoms with E-state index >= 15 is 0 Å². The van der Waals surface area contributed by atoms with Crippen molar-refractivity contribution in [1.29, 1.82) is 0 Å². The van der Waals surface area contributed by atoms with E-state index in [-0.39, 0.29) is 18.6 Å². The Labute approximate surface area is 153 Å². The van der Waals surface area contributed by atoms with Gasteiger partial charge in [0.25, 0.3) is 5.91 Å². The number of esters is 1. The molecule has 1 aliphatic heterocycles. The van der Waals surface area contributed by atoms with Crippen LogP contribution in [0.3, 0.4) is 0 Å². The summed E-state index contributed by atoms with van der Waals surface area (Å²) in [5, 5.41) is 1.60. The molecule has 5 nitrogen and oxygen atoms in total. The number of nitrogens with zero attached hydrogens (tertiary/aromatic N) is 1. The van der Waals surface area contributed by atoms with Gasteiger partial charge in [-0.3, -0.25) is 4.79 Å². The van der Waals surface area contributed by atoms with Crippen LogP contribution in [0, 0.1) is 0 Å². The highest BCUT2D eigenvalue weighted by Gasteiger charge is 2.26. The topological polar surface area (TPSA) is 55.8 Å². The van der Waals surface area contributed by atoms with Crippen LogP contribution in [0.5, 0.6) is 5.75 Å². The van der Waals surface area contributed by atoms with Gasteiger partial charge in [-0.25, -0.2) is 4.79 Å². The minimum Gasteiger partial charge on any atom is -0.496 e. The molecular weight excluding hydrogens is 330 g/mol. The summed E-state index contributed by atoms with van der Waals surface area (Å²) in [4.78, 5) is 26.9. The lowest BCUT2D eigenvalue weighted by molar-refractivity contribution is -0.138. The predicted molar refractivity (Wildman–Crippen MR) is 100 cm³/mol. The second-order valence-electron chi connectivity index (χ2n) is 6.58. The van der Waals surface area contributed by atoms with E-state index in [0.717, 1.165) is 43.0 Å². The third kappa shape index (κ3) is 3.66. The number of piperidine rings is 1. The number of carbonyl (C=O) groups is 2. The van der Waals surface area contributed by atoms with Crippen molar-refractivity contribution in [2.24, 2.45) is 0 Å². The fraction of sp³-hybridized carbons (Fsp3) is 0.429. The maximum atomic E-state index is 12.6. The van der Waals surface area contributed by atoms with Crippen LogP contribution in [0.25, 0.3) is 10.8 Å². The van der Waals surface area contributed by atoms with Crippen molar-refractivity contribution in [3.05, 3.63) is 42.0 Å². The Morgan fingerprint density at radius 1 is 1.12 bits per heavy atom. The van der Waals surface area contributed by atoms with Crippen LogP contribution >= 0.6 is 0 Å². The maximum Gasteiger partial charge on any atom is 0.339 e. The molecular formula is C21H25NO4. The van der Waals surface area contributed by atoms with E-state index in [1.54, 1.807) is 19.2 Å². The van der Waals surface area contributed by atoms with Gasteiger partial charge in [0.1, 0.15) is 5.75 Å². The van der Waals surface area contributed by atoms with Gasteiger partial charge in [0, 0.05) is 18.0 Å². The second-order valence-corrected chi connectivity index (χ2v) is 6.58. The SMILES string of the molecule is CC[C@@H]1CCCCN1C(=O)COC(=O)c1ccc(OC)c2ccccc12. The molecule has 0 saturated carbocycles. The highest BCUT2D eigenvalue weighted by atomic mass is 16.5. The van der Waals surface area contributed by atoms with Crippen molar-refractivity contribution in [2.75, 3.05) is 20.3 Å². The first kappa shape index (κ1) is 18.2. The quantitative estimate of drug-likeness (QED) is 0.766. The third-order valence-electron chi connectivity index (χ3n) is 5.07. The van der Waals surface area contributed by atoms with Gasteiger partial charge in [-0.2, -0.15) is 0 Å². The van der Waals surface area contributed by atoms with Gasteiger partial charge in [-0.15, -0.1) is 0 Å². The number of benzene rings is 2. The lowest BCUT2D eigenvalue weighted by Gasteiger charge is -2.35. The average Bonchev–Trinajstić information content (AvgIpc) is 2.70. The summed E-state index contributed by atoms with van der Waals surface area (Å²) >= 11 is 0. The zero-order valence-corrected chi connectivity index (χ0v) is 15.4. The molecule has 2 aromatic rings. The summed E-state index contributed by atoms with van der Waals surface area (Å²) in [5.74, 6) is 0.109. The Kier molecular flexibility index (Phi) is 5.76. The molecule has 5 heteroatoms. The second kappa shape index (κ2) is 8.21. The lowest BCUT2D eigenvalue weighted by atomic mass is 10.00. The molecule has 0 aromatic heterocycles. The first-order chi connectivity index (χ1) is 12.7. The largest absolute Gasteiger partial charge is 0.496 e. The predicted octanol–water partition coefficient (Wildman–Crippen LogP) is 3.80. The van der Waals surface area contributed by atoms with Gasteiger partial charge < -0.3 is 14.4 Å². The molecule has 1 fully saturated rings. The van der Waals surface area contributed by atoms with Crippen LogP contribution in [0.2, 0.25) is 0 Å². The first-order valence-corrected chi connectivity index (χ1v) is 9.18. The van der Waals surface area contributed by atoms with E-state index < -0.39 is 5.97 Å². The molecule has 0 bridgehead atoms. The summed E-state index contributed by atoms with van der Waals surface area (Å²) < 4.78 is 10.7. The number of likely N-dealkylation sites (tertiary alicyclic amines) is 1. The van der Waals surface area contributed by atoms with Crippen LogP contribution in [-0.2, 0) is 9.53 Å². The molecule has 1 atom stereocenters. The Morgan fingerprint density at radius 2 is 1.88 bits per heavy atom. The van der Waals surface area contributed by atoms with E-state index in [9.17, 15) is 9.59 Å². The molecule has 0 N–H and O–H groups in total. The number of ether oxygens (including phenoxy) is 2. The minimum atomic E-state index is -0.484. The molecule has 1 aliphatic rings. The summed E-state index contributed by atoms with van der Waals surface area (Å²) in [6.45, 7) is 2.63. The van der Waals surface area contributed by atoms with E-state index in [4.69, 9.17) is 9.47 Å². The maximum absolute atomic E-state index is 12.6. The molecule has 26 heavy (non-hydrogen) atoms. The molecule has 2 aromatic carbocycles. The molecule has 0 radical (unpaired) electrons. The molecule has 0 unspecified atom stereocenters. The number of fused-ring (bicyclic) bond motifs is 1. The number of rotatable bonds is 5. The molecule has 1 heterocycles. The van der Waals surface area contributed by atoms with E-state index in [1.165, 1.54) is 0 Å². The first-order valence-electron chi connectivity index (χ1n) is 9.18. The summed E-state index contributed by atoms with van der Waals surface area (Å²) in [7, 11) is 1.60. The van der Waals surface area contributed by atoms with E-state index in [2.05, 4.69) is 6.92 Å². The monoisotopic (exact) mass is 355 g/mol. The van der Waals surface area contributed by atoms with Crippen LogP contribution in [-0.4, -0.2) is 43.1 Å². The van der Waals surface area contributed by atoms with Crippen LogP contribution in [0.1, 0.15) is 43.0 Å². The Hall–Kier alpha value is -2.56. The molecule has 3 rings (SSSR count). The van der Waals surface area contributed by atoms with Gasteiger partial charge >= 0.3 is 5.97 Å². The smallest absolute Gasteiger partial charge is 0.339 e. The fourth-order valence-corrected chi connectivity index (χ4v) is 3.67.